The highest BCUT2D eigenvalue weighted by atomic mass is 32.2. The van der Waals surface area contributed by atoms with Crippen LogP contribution in [0.5, 0.6) is 0 Å². The van der Waals surface area contributed by atoms with Crippen LogP contribution >= 0.6 is 0 Å². The molecule has 0 spiro atoms. The summed E-state index contributed by atoms with van der Waals surface area (Å²) in [5.41, 5.74) is 0.840. The van der Waals surface area contributed by atoms with Gasteiger partial charge in [0.2, 0.25) is 0 Å². The van der Waals surface area contributed by atoms with Crippen LogP contribution in [0.25, 0.3) is 11.4 Å². The number of benzene rings is 2. The zero-order chi connectivity index (χ0) is 29.5. The van der Waals surface area contributed by atoms with E-state index in [4.69, 9.17) is 14.7 Å². The van der Waals surface area contributed by atoms with Crippen molar-refractivity contribution in [3.05, 3.63) is 65.9 Å². The Morgan fingerprint density at radius 3 is 2.48 bits per heavy atom. The van der Waals surface area contributed by atoms with Gasteiger partial charge in [-0.2, -0.15) is 13.2 Å². The molecule has 0 radical (unpaired) electrons. The summed E-state index contributed by atoms with van der Waals surface area (Å²) in [6, 6.07) is 13.9. The van der Waals surface area contributed by atoms with Crippen molar-refractivity contribution in [2.24, 2.45) is 0 Å². The standard InChI is InChI=1S/C30H32F3N5O3S/c1-19-18-41-16-15-38(19)26-17-25(29(13-14-29)42(40)24-8-3-2-7-23(24)30(31,32)33)36-27(37-26)20-9-11-22(12-10-20)35-28(39)34-21-5-4-6-21/h2-3,7-12,17,19,21H,4-6,13-16,18H2,1H3,(H2,34,35,39)/t19-,42?/m0/s1. The lowest BCUT2D eigenvalue weighted by Gasteiger charge is -2.34. The Kier molecular flexibility index (Phi) is 7.69. The second-order valence-corrected chi connectivity index (χ2v) is 12.9. The van der Waals surface area contributed by atoms with E-state index in [-0.39, 0.29) is 23.0 Å². The quantitative estimate of drug-likeness (QED) is 0.353. The molecule has 1 aromatic heterocycles. The van der Waals surface area contributed by atoms with Gasteiger partial charge in [0.15, 0.2) is 5.82 Å². The molecule has 12 heteroatoms. The van der Waals surface area contributed by atoms with Gasteiger partial charge in [0.1, 0.15) is 5.82 Å². The van der Waals surface area contributed by atoms with Crippen LogP contribution in [0.2, 0.25) is 0 Å². The fourth-order valence-electron chi connectivity index (χ4n) is 5.34. The molecule has 2 amide bonds. The third-order valence-corrected chi connectivity index (χ3v) is 10.2. The summed E-state index contributed by atoms with van der Waals surface area (Å²) in [5.74, 6) is 0.985. The summed E-state index contributed by atoms with van der Waals surface area (Å²) in [4.78, 5) is 23.8. The molecule has 2 heterocycles. The molecule has 2 saturated carbocycles. The molecule has 2 aromatic carbocycles. The van der Waals surface area contributed by atoms with E-state index in [0.717, 1.165) is 25.3 Å². The van der Waals surface area contributed by atoms with E-state index in [1.54, 1.807) is 30.3 Å². The first kappa shape index (κ1) is 28.6. The maximum atomic E-state index is 13.9. The van der Waals surface area contributed by atoms with Gasteiger partial charge in [-0.15, -0.1) is 0 Å². The fraction of sp³-hybridized carbons (Fsp3) is 0.433. The highest BCUT2D eigenvalue weighted by Gasteiger charge is 2.54. The van der Waals surface area contributed by atoms with Gasteiger partial charge in [0.05, 0.1) is 51.0 Å². The lowest BCUT2D eigenvalue weighted by molar-refractivity contribution is -0.139. The molecule has 8 nitrogen and oxygen atoms in total. The minimum absolute atomic E-state index is 0.0155. The lowest BCUT2D eigenvalue weighted by atomic mass is 9.93. The number of carbonyl (C=O) groups excluding carboxylic acids is 1. The van der Waals surface area contributed by atoms with Gasteiger partial charge in [0.25, 0.3) is 0 Å². The molecule has 1 aliphatic heterocycles. The molecule has 3 aromatic rings. The van der Waals surface area contributed by atoms with E-state index in [0.29, 0.717) is 61.2 Å². The highest BCUT2D eigenvalue weighted by molar-refractivity contribution is 7.86. The average Bonchev–Trinajstić information content (AvgIpc) is 3.77. The van der Waals surface area contributed by atoms with Crippen LogP contribution < -0.4 is 15.5 Å². The zero-order valence-corrected chi connectivity index (χ0v) is 23.9. The smallest absolute Gasteiger partial charge is 0.377 e. The SMILES string of the molecule is C[C@H]1COCCN1c1cc(C2(S(=O)c3ccccc3C(F)(F)F)CC2)nc(-c2ccc(NC(=O)NC3CCC3)cc2)n1. The molecule has 3 fully saturated rings. The number of ether oxygens (including phenoxy) is 1. The number of alkyl halides is 3. The highest BCUT2D eigenvalue weighted by Crippen LogP contribution is 2.54. The Morgan fingerprint density at radius 2 is 1.83 bits per heavy atom. The second kappa shape index (κ2) is 11.3. The van der Waals surface area contributed by atoms with Gasteiger partial charge in [-0.05, 0) is 75.4 Å². The molecule has 2 atom stereocenters. The van der Waals surface area contributed by atoms with Gasteiger partial charge in [-0.3, -0.25) is 4.21 Å². The number of urea groups is 1. The van der Waals surface area contributed by atoms with E-state index >= 15 is 0 Å². The Morgan fingerprint density at radius 1 is 1.10 bits per heavy atom. The Balaban J connectivity index is 1.35. The van der Waals surface area contributed by atoms with Crippen LogP contribution in [-0.4, -0.2) is 52.1 Å². The number of hydrogen-bond donors (Lipinski definition) is 2. The summed E-state index contributed by atoms with van der Waals surface area (Å²) < 4.78 is 60.0. The molecule has 1 unspecified atom stereocenters. The molecule has 6 rings (SSSR count). The van der Waals surface area contributed by atoms with Crippen molar-refractivity contribution in [2.45, 2.75) is 66.9 Å². The molecular formula is C30H32F3N5O3S. The van der Waals surface area contributed by atoms with Crippen LogP contribution in [0.3, 0.4) is 0 Å². The first-order chi connectivity index (χ1) is 20.1. The monoisotopic (exact) mass is 599 g/mol. The third kappa shape index (κ3) is 5.74. The first-order valence-electron chi connectivity index (χ1n) is 14.1. The Bertz CT molecular complexity index is 1490. The minimum Gasteiger partial charge on any atom is -0.377 e. The number of aromatic nitrogens is 2. The predicted molar refractivity (Wildman–Crippen MR) is 154 cm³/mol. The normalized spacial score (nSPS) is 20.9. The summed E-state index contributed by atoms with van der Waals surface area (Å²) in [7, 11) is -2.00. The van der Waals surface area contributed by atoms with Crippen LogP contribution in [0, 0.1) is 0 Å². The molecule has 222 valence electrons. The van der Waals surface area contributed by atoms with E-state index in [1.807, 2.05) is 6.92 Å². The molecule has 42 heavy (non-hydrogen) atoms. The Hall–Kier alpha value is -3.51. The molecule has 1 saturated heterocycles. The maximum Gasteiger partial charge on any atom is 0.417 e. The van der Waals surface area contributed by atoms with Gasteiger partial charge < -0.3 is 20.3 Å². The molecule has 2 aliphatic carbocycles. The van der Waals surface area contributed by atoms with E-state index < -0.39 is 27.3 Å². The topological polar surface area (TPSA) is 96.5 Å². The van der Waals surface area contributed by atoms with Crippen molar-refractivity contribution in [1.29, 1.82) is 0 Å². The zero-order valence-electron chi connectivity index (χ0n) is 23.1. The summed E-state index contributed by atoms with van der Waals surface area (Å²) in [6.45, 7) is 3.62. The van der Waals surface area contributed by atoms with Gasteiger partial charge in [-0.25, -0.2) is 14.8 Å². The van der Waals surface area contributed by atoms with Crippen molar-refractivity contribution < 1.29 is 26.9 Å². The number of halogens is 3. The summed E-state index contributed by atoms with van der Waals surface area (Å²) in [5, 5.41) is 5.78. The van der Waals surface area contributed by atoms with E-state index in [2.05, 4.69) is 15.5 Å². The minimum atomic E-state index is -4.63. The molecule has 3 aliphatic rings. The van der Waals surface area contributed by atoms with Gasteiger partial charge >= 0.3 is 12.2 Å². The maximum absolute atomic E-state index is 13.9. The van der Waals surface area contributed by atoms with E-state index in [1.165, 1.54) is 18.2 Å². The number of anilines is 2. The molecular weight excluding hydrogens is 567 g/mol. The van der Waals surface area contributed by atoms with Crippen LogP contribution in [0.1, 0.15) is 50.3 Å². The lowest BCUT2D eigenvalue weighted by Crippen LogP contribution is -2.44. The van der Waals surface area contributed by atoms with Crippen LogP contribution in [0.4, 0.5) is 29.5 Å². The van der Waals surface area contributed by atoms with Crippen LogP contribution in [0.15, 0.2) is 59.5 Å². The summed E-state index contributed by atoms with van der Waals surface area (Å²) in [6.07, 6.45) is -0.652. The number of hydrogen-bond acceptors (Lipinski definition) is 6. The largest absolute Gasteiger partial charge is 0.417 e. The van der Waals surface area contributed by atoms with Gasteiger partial charge in [-0.1, -0.05) is 12.1 Å². The van der Waals surface area contributed by atoms with Crippen molar-refractivity contribution in [2.75, 3.05) is 30.0 Å². The van der Waals surface area contributed by atoms with Crippen molar-refractivity contribution in [3.63, 3.8) is 0 Å². The van der Waals surface area contributed by atoms with Crippen molar-refractivity contribution >= 4 is 28.3 Å². The van der Waals surface area contributed by atoms with Crippen molar-refractivity contribution in [3.8, 4) is 11.4 Å². The fourth-order valence-corrected chi connectivity index (χ4v) is 7.12. The number of nitrogens with zero attached hydrogens (tertiary/aromatic N) is 3. The number of rotatable bonds is 7. The third-order valence-electron chi connectivity index (χ3n) is 8.13. The second-order valence-electron chi connectivity index (χ2n) is 11.1. The number of amides is 2. The van der Waals surface area contributed by atoms with Gasteiger partial charge in [0, 0.05) is 29.9 Å². The first-order valence-corrected chi connectivity index (χ1v) is 15.3. The average molecular weight is 600 g/mol. The Labute approximate surface area is 244 Å². The number of carbonyl (C=O) groups is 1. The number of nitrogens with one attached hydrogen (secondary N) is 2. The van der Waals surface area contributed by atoms with E-state index in [9.17, 15) is 22.2 Å². The van der Waals surface area contributed by atoms with Crippen molar-refractivity contribution in [1.82, 2.24) is 15.3 Å². The molecule has 0 bridgehead atoms. The molecule has 2 N–H and O–H groups in total. The number of morpholine rings is 1. The summed E-state index contributed by atoms with van der Waals surface area (Å²) >= 11 is 0. The predicted octanol–water partition coefficient (Wildman–Crippen LogP) is 5.86. The van der Waals surface area contributed by atoms with Crippen LogP contribution in [-0.2, 0) is 26.5 Å².